The van der Waals surface area contributed by atoms with Crippen LogP contribution in [0.3, 0.4) is 0 Å². The zero-order valence-electron chi connectivity index (χ0n) is 22.7. The highest BCUT2D eigenvalue weighted by Gasteiger charge is 2.61. The highest BCUT2D eigenvalue weighted by Crippen LogP contribution is 2.45. The van der Waals surface area contributed by atoms with Crippen LogP contribution < -0.4 is 10.6 Å². The van der Waals surface area contributed by atoms with Gasteiger partial charge in [0.15, 0.2) is 0 Å². The number of hydrogen-bond donors (Lipinski definition) is 3. The molecule has 1 saturated carbocycles. The first-order chi connectivity index (χ1) is 18.6. The van der Waals surface area contributed by atoms with Crippen molar-refractivity contribution in [3.63, 3.8) is 0 Å². The zero-order chi connectivity index (χ0) is 28.2. The lowest BCUT2D eigenvalue weighted by atomic mass is 10.0. The molecule has 5 atom stereocenters. The van der Waals surface area contributed by atoms with E-state index in [4.69, 9.17) is 9.47 Å². The number of nitrogens with one attached hydrogen (secondary N) is 2. The van der Waals surface area contributed by atoms with E-state index < -0.39 is 47.6 Å². The van der Waals surface area contributed by atoms with Crippen molar-refractivity contribution < 1.29 is 33.8 Å². The van der Waals surface area contributed by atoms with Gasteiger partial charge in [-0.05, 0) is 49.1 Å². The van der Waals surface area contributed by atoms with E-state index in [9.17, 15) is 24.3 Å². The topological polar surface area (TPSA) is 134 Å². The van der Waals surface area contributed by atoms with Crippen molar-refractivity contribution in [3.05, 3.63) is 48.0 Å². The molecule has 0 spiro atoms. The predicted molar refractivity (Wildman–Crippen MR) is 143 cm³/mol. The summed E-state index contributed by atoms with van der Waals surface area (Å²) >= 11 is 0. The number of carbonyl (C=O) groups excluding carboxylic acids is 3. The van der Waals surface area contributed by atoms with Gasteiger partial charge in [-0.1, -0.05) is 44.2 Å². The molecule has 4 bridgehead atoms. The second-order valence-corrected chi connectivity index (χ2v) is 11.1. The fourth-order valence-corrected chi connectivity index (χ4v) is 5.45. The van der Waals surface area contributed by atoms with Crippen molar-refractivity contribution in [2.45, 2.75) is 82.7 Å². The first-order valence-corrected chi connectivity index (χ1v) is 13.8. The monoisotopic (exact) mass is 541 g/mol. The molecular formula is C29H39N3O7. The molecule has 3 amide bonds. The maximum absolute atomic E-state index is 13.8. The largest absolute Gasteiger partial charge is 0.479 e. The third kappa shape index (κ3) is 6.61. The van der Waals surface area contributed by atoms with Crippen LogP contribution >= 0.6 is 0 Å². The molecule has 4 rings (SSSR count). The van der Waals surface area contributed by atoms with Crippen molar-refractivity contribution in [3.8, 4) is 0 Å². The maximum Gasteiger partial charge on any atom is 0.407 e. The molecule has 0 unspecified atom stereocenters. The van der Waals surface area contributed by atoms with Crippen LogP contribution in [0.2, 0.25) is 0 Å². The average molecular weight is 542 g/mol. The molecule has 2 fully saturated rings. The van der Waals surface area contributed by atoms with Crippen LogP contribution in [0.25, 0.3) is 0 Å². The number of carboxylic acids is 1. The second-order valence-electron chi connectivity index (χ2n) is 11.1. The van der Waals surface area contributed by atoms with E-state index in [0.717, 1.165) is 24.8 Å². The van der Waals surface area contributed by atoms with Crippen LogP contribution in [0, 0.1) is 11.8 Å². The Morgan fingerprint density at radius 3 is 2.69 bits per heavy atom. The average Bonchev–Trinajstić information content (AvgIpc) is 3.45. The van der Waals surface area contributed by atoms with Gasteiger partial charge in [-0.2, -0.15) is 0 Å². The Labute approximate surface area is 229 Å². The molecule has 2 heterocycles. The van der Waals surface area contributed by atoms with E-state index in [1.165, 1.54) is 16.5 Å². The van der Waals surface area contributed by atoms with E-state index in [2.05, 4.69) is 29.3 Å². The lowest BCUT2D eigenvalue weighted by molar-refractivity contribution is -0.145. The smallest absolute Gasteiger partial charge is 0.407 e. The van der Waals surface area contributed by atoms with Crippen LogP contribution in [-0.4, -0.2) is 70.8 Å². The summed E-state index contributed by atoms with van der Waals surface area (Å²) in [7, 11) is 0. The minimum absolute atomic E-state index is 0.140. The van der Waals surface area contributed by atoms with Crippen molar-refractivity contribution in [2.24, 2.45) is 11.8 Å². The molecule has 212 valence electrons. The maximum atomic E-state index is 13.8. The summed E-state index contributed by atoms with van der Waals surface area (Å²) in [6.45, 7) is 7.99. The van der Waals surface area contributed by atoms with E-state index in [-0.39, 0.29) is 37.8 Å². The van der Waals surface area contributed by atoms with Gasteiger partial charge in [0.05, 0.1) is 19.3 Å². The van der Waals surface area contributed by atoms with Crippen LogP contribution in [0.5, 0.6) is 0 Å². The molecule has 3 aliphatic rings. The van der Waals surface area contributed by atoms with Gasteiger partial charge in [0.1, 0.15) is 17.6 Å². The minimum atomic E-state index is -1.42. The molecule has 3 N–H and O–H groups in total. The fourth-order valence-electron chi connectivity index (χ4n) is 5.45. The molecule has 0 radical (unpaired) electrons. The van der Waals surface area contributed by atoms with Crippen molar-refractivity contribution in [1.29, 1.82) is 0 Å². The zero-order valence-corrected chi connectivity index (χ0v) is 22.7. The third-order valence-electron chi connectivity index (χ3n) is 7.90. The lowest BCUT2D eigenvalue weighted by Gasteiger charge is -2.30. The number of cyclic esters (lactones) is 1. The summed E-state index contributed by atoms with van der Waals surface area (Å²) in [6, 6.07) is 6.28. The normalized spacial score (nSPS) is 30.0. The summed E-state index contributed by atoms with van der Waals surface area (Å²) in [5, 5.41) is 15.1. The molecule has 10 heteroatoms. The Morgan fingerprint density at radius 1 is 1.23 bits per heavy atom. The highest BCUT2D eigenvalue weighted by molar-refractivity contribution is 5.96. The summed E-state index contributed by atoms with van der Waals surface area (Å²) in [4.78, 5) is 53.2. The SMILES string of the molecule is C=C[C@@H]1C[C@]1(NC(=O)[C@@H]1C[C@@H]2CN1C(=O)[C@H](C(C)C)NC(=O)OCCCCCc1cccc(c1)CO2)C(=O)O. The Bertz CT molecular complexity index is 1110. The summed E-state index contributed by atoms with van der Waals surface area (Å²) < 4.78 is 11.5. The first-order valence-electron chi connectivity index (χ1n) is 13.8. The number of aliphatic carboxylic acids is 1. The summed E-state index contributed by atoms with van der Waals surface area (Å²) in [5.74, 6) is -2.78. The molecule has 0 aromatic heterocycles. The van der Waals surface area contributed by atoms with Crippen molar-refractivity contribution in [1.82, 2.24) is 15.5 Å². The number of amides is 3. The number of hydrogen-bond acceptors (Lipinski definition) is 6. The van der Waals surface area contributed by atoms with E-state index in [1.807, 2.05) is 12.1 Å². The molecule has 39 heavy (non-hydrogen) atoms. The third-order valence-corrected chi connectivity index (χ3v) is 7.90. The van der Waals surface area contributed by atoms with Crippen molar-refractivity contribution >= 4 is 23.9 Å². The molecule has 1 aromatic rings. The quantitative estimate of drug-likeness (QED) is 0.488. The molecule has 1 saturated heterocycles. The number of alkyl carbamates (subject to hydrolysis) is 1. The molecule has 1 aromatic carbocycles. The van der Waals surface area contributed by atoms with Gasteiger partial charge in [0.2, 0.25) is 11.8 Å². The Kier molecular flexibility index (Phi) is 8.94. The van der Waals surface area contributed by atoms with Crippen LogP contribution in [-0.2, 0) is 36.9 Å². The van der Waals surface area contributed by atoms with Gasteiger partial charge in [-0.3, -0.25) is 9.59 Å². The van der Waals surface area contributed by atoms with Crippen molar-refractivity contribution in [2.75, 3.05) is 13.2 Å². The number of carboxylic acid groups (broad SMARTS) is 1. The summed E-state index contributed by atoms with van der Waals surface area (Å²) in [5.41, 5.74) is 0.779. The standard InChI is InChI=1S/C29H39N3O7/c1-4-21-15-29(21,27(35)36)31-25(33)23-14-22-16-32(23)26(34)24(18(2)3)30-28(37)38-12-7-5-6-9-19-10-8-11-20(13-19)17-39-22/h4,8,10-11,13,18,21-24H,1,5-7,9,12,14-17H2,2-3H3,(H,30,37)(H,31,33)(H,35,36)/t21-,22-,23+,24+,29-/m1/s1. The van der Waals surface area contributed by atoms with Gasteiger partial charge in [-0.15, -0.1) is 6.58 Å². The number of fused-ring (bicyclic) bond motifs is 4. The first kappa shape index (κ1) is 28.6. The van der Waals surface area contributed by atoms with Gasteiger partial charge >= 0.3 is 12.1 Å². The number of carbonyl (C=O) groups is 4. The molecule has 2 aliphatic heterocycles. The number of ether oxygens (including phenoxy) is 2. The van der Waals surface area contributed by atoms with E-state index in [1.54, 1.807) is 13.8 Å². The lowest BCUT2D eigenvalue weighted by Crippen LogP contribution is -2.57. The molecular weight excluding hydrogens is 502 g/mol. The molecule has 10 nitrogen and oxygen atoms in total. The second kappa shape index (κ2) is 12.2. The Hall–Kier alpha value is -3.40. The fraction of sp³-hybridized carbons (Fsp3) is 0.586. The van der Waals surface area contributed by atoms with Crippen LogP contribution in [0.15, 0.2) is 36.9 Å². The van der Waals surface area contributed by atoms with E-state index in [0.29, 0.717) is 13.0 Å². The molecule has 1 aliphatic carbocycles. The van der Waals surface area contributed by atoms with Crippen LogP contribution in [0.4, 0.5) is 4.79 Å². The van der Waals surface area contributed by atoms with Gasteiger partial charge in [-0.25, -0.2) is 9.59 Å². The number of rotatable bonds is 5. The van der Waals surface area contributed by atoms with Gasteiger partial charge in [0.25, 0.3) is 0 Å². The predicted octanol–water partition coefficient (Wildman–Crippen LogP) is 2.80. The Balaban J connectivity index is 1.58. The van der Waals surface area contributed by atoms with E-state index >= 15 is 0 Å². The van der Waals surface area contributed by atoms with Gasteiger partial charge < -0.3 is 30.1 Å². The number of nitrogens with zero attached hydrogens (tertiary/aromatic N) is 1. The summed E-state index contributed by atoms with van der Waals surface area (Å²) in [6.07, 6.45) is 4.33. The van der Waals surface area contributed by atoms with Gasteiger partial charge in [0, 0.05) is 18.9 Å². The van der Waals surface area contributed by atoms with Crippen LogP contribution in [0.1, 0.15) is 57.1 Å². The minimum Gasteiger partial charge on any atom is -0.479 e. The Morgan fingerprint density at radius 2 is 2.00 bits per heavy atom. The highest BCUT2D eigenvalue weighted by atomic mass is 16.5. The number of benzene rings is 1. The number of aryl methyl sites for hydroxylation is 1.